The number of carbonyl (C=O) groups is 2. The van der Waals surface area contributed by atoms with E-state index in [1.54, 1.807) is 4.90 Å². The zero-order valence-corrected chi connectivity index (χ0v) is 18.3. The second-order valence-electron chi connectivity index (χ2n) is 7.38. The maximum absolute atomic E-state index is 13.0. The second-order valence-corrected chi connectivity index (χ2v) is 9.80. The molecule has 0 radical (unpaired) electrons. The van der Waals surface area contributed by atoms with Gasteiger partial charge >= 0.3 is 5.97 Å². The van der Waals surface area contributed by atoms with Crippen LogP contribution >= 0.6 is 11.6 Å². The predicted octanol–water partition coefficient (Wildman–Crippen LogP) is 4.27. The number of nitrogens with zero attached hydrogens (tertiary/aromatic N) is 1. The largest absolute Gasteiger partial charge is 0.452 e. The number of ether oxygens (including phenoxy) is 1. The molecule has 0 atom stereocenters. The van der Waals surface area contributed by atoms with E-state index in [-0.39, 0.29) is 27.4 Å². The first kappa shape index (κ1) is 22.3. The second kappa shape index (κ2) is 9.62. The molecule has 0 bridgehead atoms. The molecule has 0 saturated heterocycles. The van der Waals surface area contributed by atoms with Gasteiger partial charge in [0.25, 0.3) is 5.91 Å². The number of sulfone groups is 1. The molecule has 1 aliphatic rings. The Balaban J connectivity index is 1.76. The number of benzene rings is 2. The summed E-state index contributed by atoms with van der Waals surface area (Å²) in [5, 5.41) is 0.0621. The van der Waals surface area contributed by atoms with Gasteiger partial charge in [0.1, 0.15) is 0 Å². The van der Waals surface area contributed by atoms with Gasteiger partial charge in [0.05, 0.1) is 15.5 Å². The molecule has 0 aliphatic heterocycles. The summed E-state index contributed by atoms with van der Waals surface area (Å²) in [6, 6.07) is 13.2. The Morgan fingerprint density at radius 1 is 1.07 bits per heavy atom. The van der Waals surface area contributed by atoms with Crippen molar-refractivity contribution >= 4 is 39.0 Å². The van der Waals surface area contributed by atoms with Gasteiger partial charge in [-0.05, 0) is 43.2 Å². The SMILES string of the molecule is CS(=O)(=O)c1ccc(Cl)c(C(=O)OCC(=O)N(c2ccccc2)C2CCCCC2)c1. The third kappa shape index (κ3) is 5.40. The Labute approximate surface area is 181 Å². The van der Waals surface area contributed by atoms with Gasteiger partial charge in [0.2, 0.25) is 0 Å². The highest BCUT2D eigenvalue weighted by Gasteiger charge is 2.28. The minimum absolute atomic E-state index is 0.0432. The van der Waals surface area contributed by atoms with Crippen LogP contribution in [0, 0.1) is 0 Å². The number of esters is 1. The number of carbonyl (C=O) groups excluding carboxylic acids is 2. The molecular formula is C22H24ClNO5S. The van der Waals surface area contributed by atoms with Crippen molar-refractivity contribution < 1.29 is 22.7 Å². The van der Waals surface area contributed by atoms with E-state index in [2.05, 4.69) is 0 Å². The first-order valence-electron chi connectivity index (χ1n) is 9.81. The fourth-order valence-corrected chi connectivity index (χ4v) is 4.49. The summed E-state index contributed by atoms with van der Waals surface area (Å²) in [4.78, 5) is 27.2. The van der Waals surface area contributed by atoms with E-state index >= 15 is 0 Å². The van der Waals surface area contributed by atoms with Gasteiger partial charge in [-0.2, -0.15) is 0 Å². The quantitative estimate of drug-likeness (QED) is 0.615. The molecule has 160 valence electrons. The molecule has 2 aromatic carbocycles. The number of hydrogen-bond acceptors (Lipinski definition) is 5. The predicted molar refractivity (Wildman–Crippen MR) is 116 cm³/mol. The summed E-state index contributed by atoms with van der Waals surface area (Å²) in [5.74, 6) is -1.16. The third-order valence-corrected chi connectivity index (χ3v) is 6.60. The van der Waals surface area contributed by atoms with Crippen molar-refractivity contribution in [2.75, 3.05) is 17.8 Å². The van der Waals surface area contributed by atoms with E-state index in [4.69, 9.17) is 16.3 Å². The highest BCUT2D eigenvalue weighted by Crippen LogP contribution is 2.28. The number of anilines is 1. The van der Waals surface area contributed by atoms with Gasteiger partial charge in [0.15, 0.2) is 16.4 Å². The summed E-state index contributed by atoms with van der Waals surface area (Å²) < 4.78 is 28.7. The fourth-order valence-electron chi connectivity index (χ4n) is 3.65. The lowest BCUT2D eigenvalue weighted by Gasteiger charge is -2.34. The van der Waals surface area contributed by atoms with Crippen LogP contribution in [0.1, 0.15) is 42.5 Å². The molecule has 1 aliphatic carbocycles. The average Bonchev–Trinajstić information content (AvgIpc) is 2.73. The van der Waals surface area contributed by atoms with Crippen LogP contribution in [-0.2, 0) is 19.4 Å². The Bertz CT molecular complexity index is 1020. The zero-order valence-electron chi connectivity index (χ0n) is 16.7. The van der Waals surface area contributed by atoms with Gasteiger partial charge in [-0.15, -0.1) is 0 Å². The molecule has 0 spiro atoms. The van der Waals surface area contributed by atoms with E-state index in [9.17, 15) is 18.0 Å². The van der Waals surface area contributed by atoms with Crippen LogP contribution < -0.4 is 4.90 Å². The minimum Gasteiger partial charge on any atom is -0.452 e. The normalized spacial score (nSPS) is 14.9. The Kier molecular flexibility index (Phi) is 7.15. The standard InChI is InChI=1S/C22H24ClNO5S/c1-30(27,28)18-12-13-20(23)19(14-18)22(26)29-15-21(25)24(16-8-4-2-5-9-16)17-10-6-3-7-11-17/h2,4-5,8-9,12-14,17H,3,6-7,10-11,15H2,1H3. The van der Waals surface area contributed by atoms with Crippen LogP contribution in [0.5, 0.6) is 0 Å². The lowest BCUT2D eigenvalue weighted by atomic mass is 9.93. The van der Waals surface area contributed by atoms with Gasteiger partial charge in [-0.1, -0.05) is 49.1 Å². The molecule has 8 heteroatoms. The van der Waals surface area contributed by atoms with Crippen molar-refractivity contribution in [1.82, 2.24) is 0 Å². The Hall–Kier alpha value is -2.38. The maximum atomic E-state index is 13.0. The van der Waals surface area contributed by atoms with Gasteiger partial charge in [-0.3, -0.25) is 4.79 Å². The van der Waals surface area contributed by atoms with E-state index in [0.717, 1.165) is 44.0 Å². The first-order valence-corrected chi connectivity index (χ1v) is 12.1. The van der Waals surface area contributed by atoms with Crippen LogP contribution in [0.3, 0.4) is 0 Å². The lowest BCUT2D eigenvalue weighted by Crippen LogP contribution is -2.43. The Morgan fingerprint density at radius 3 is 2.37 bits per heavy atom. The minimum atomic E-state index is -3.51. The van der Waals surface area contributed by atoms with Crippen LogP contribution in [-0.4, -0.2) is 39.2 Å². The van der Waals surface area contributed by atoms with Crippen molar-refractivity contribution in [2.45, 2.75) is 43.0 Å². The lowest BCUT2D eigenvalue weighted by molar-refractivity contribution is -0.122. The van der Waals surface area contributed by atoms with Crippen molar-refractivity contribution in [1.29, 1.82) is 0 Å². The molecule has 2 aromatic rings. The van der Waals surface area contributed by atoms with Crippen LogP contribution in [0.2, 0.25) is 5.02 Å². The van der Waals surface area contributed by atoms with E-state index in [0.29, 0.717) is 0 Å². The summed E-state index contributed by atoms with van der Waals surface area (Å²) >= 11 is 6.05. The molecule has 1 saturated carbocycles. The average molecular weight is 450 g/mol. The highest BCUT2D eigenvalue weighted by atomic mass is 35.5. The van der Waals surface area contributed by atoms with Gasteiger partial charge < -0.3 is 9.64 Å². The molecule has 1 amide bonds. The first-order chi connectivity index (χ1) is 14.3. The molecule has 0 aromatic heterocycles. The zero-order chi connectivity index (χ0) is 21.7. The summed E-state index contributed by atoms with van der Waals surface area (Å²) in [5.41, 5.74) is 0.680. The number of amides is 1. The fraction of sp³-hybridized carbons (Fsp3) is 0.364. The molecule has 6 nitrogen and oxygen atoms in total. The van der Waals surface area contributed by atoms with E-state index < -0.39 is 22.4 Å². The number of hydrogen-bond donors (Lipinski definition) is 0. The molecule has 3 rings (SSSR count). The smallest absolute Gasteiger partial charge is 0.340 e. The number of rotatable bonds is 6. The molecule has 0 unspecified atom stereocenters. The van der Waals surface area contributed by atoms with E-state index in [1.807, 2.05) is 30.3 Å². The monoisotopic (exact) mass is 449 g/mol. The molecule has 0 N–H and O–H groups in total. The summed E-state index contributed by atoms with van der Waals surface area (Å²) in [6.45, 7) is -0.455. The van der Waals surface area contributed by atoms with Crippen molar-refractivity contribution in [3.8, 4) is 0 Å². The maximum Gasteiger partial charge on any atom is 0.340 e. The molecular weight excluding hydrogens is 426 g/mol. The van der Waals surface area contributed by atoms with Gasteiger partial charge in [-0.25, -0.2) is 13.2 Å². The molecule has 30 heavy (non-hydrogen) atoms. The Morgan fingerprint density at radius 2 is 1.73 bits per heavy atom. The topological polar surface area (TPSA) is 80.7 Å². The van der Waals surface area contributed by atoms with Crippen molar-refractivity contribution in [2.24, 2.45) is 0 Å². The summed E-state index contributed by atoms with van der Waals surface area (Å²) in [7, 11) is -3.51. The van der Waals surface area contributed by atoms with Crippen LogP contribution in [0.4, 0.5) is 5.69 Å². The van der Waals surface area contributed by atoms with Crippen LogP contribution in [0.25, 0.3) is 0 Å². The third-order valence-electron chi connectivity index (χ3n) is 5.16. The number of halogens is 1. The van der Waals surface area contributed by atoms with Crippen LogP contribution in [0.15, 0.2) is 53.4 Å². The van der Waals surface area contributed by atoms with Crippen molar-refractivity contribution in [3.63, 3.8) is 0 Å². The van der Waals surface area contributed by atoms with E-state index in [1.165, 1.54) is 18.2 Å². The number of para-hydroxylation sites is 1. The van der Waals surface area contributed by atoms with Crippen molar-refractivity contribution in [3.05, 3.63) is 59.1 Å². The van der Waals surface area contributed by atoms with Gasteiger partial charge in [0, 0.05) is 18.0 Å². The molecule has 0 heterocycles. The highest BCUT2D eigenvalue weighted by molar-refractivity contribution is 7.90. The molecule has 1 fully saturated rings. The summed E-state index contributed by atoms with van der Waals surface area (Å²) in [6.07, 6.45) is 6.09.